The normalized spacial score (nSPS) is 17.6. The van der Waals surface area contributed by atoms with Gasteiger partial charge in [-0.25, -0.2) is 0 Å². The van der Waals surface area contributed by atoms with Gasteiger partial charge in [0.15, 0.2) is 0 Å². The molecule has 1 saturated heterocycles. The minimum Gasteiger partial charge on any atom is -0.497 e. The molecule has 0 N–H and O–H groups in total. The number of carbonyl (C=O) groups is 1. The van der Waals surface area contributed by atoms with Crippen molar-refractivity contribution in [2.75, 3.05) is 40.0 Å². The van der Waals surface area contributed by atoms with Crippen LogP contribution in [0.25, 0.3) is 0 Å². The molecule has 4 rings (SSSR count). The third-order valence-corrected chi connectivity index (χ3v) is 5.38. The number of benzene rings is 1. The second-order valence-electron chi connectivity index (χ2n) is 7.15. The Hall–Kier alpha value is -2.31. The number of rotatable bonds is 4. The van der Waals surface area contributed by atoms with Crippen molar-refractivity contribution in [1.82, 2.24) is 9.80 Å². The Morgan fingerprint density at radius 1 is 1.15 bits per heavy atom. The fourth-order valence-electron chi connectivity index (χ4n) is 3.91. The first kappa shape index (κ1) is 18.1. The van der Waals surface area contributed by atoms with E-state index in [0.717, 1.165) is 54.5 Å². The quantitative estimate of drug-likeness (QED) is 0.828. The number of nitrogens with zero attached hydrogens (tertiary/aromatic N) is 2. The van der Waals surface area contributed by atoms with E-state index in [1.54, 1.807) is 7.11 Å². The van der Waals surface area contributed by atoms with Crippen LogP contribution in [0.1, 0.15) is 33.0 Å². The number of carbonyl (C=O) groups excluding carboxylic acids is 1. The van der Waals surface area contributed by atoms with Crippen molar-refractivity contribution in [3.05, 3.63) is 52.5 Å². The van der Waals surface area contributed by atoms with Gasteiger partial charge in [0.2, 0.25) is 0 Å². The second kappa shape index (κ2) is 7.74. The van der Waals surface area contributed by atoms with Gasteiger partial charge >= 0.3 is 0 Å². The molecule has 6 heteroatoms. The molecule has 0 saturated carbocycles. The maximum atomic E-state index is 13.1. The molecule has 6 nitrogen and oxygen atoms in total. The SMILES string of the molecule is COc1ccc(CN2CCc3oc(C)c(C(=O)N4CCOCC4)c3C2)cc1. The lowest BCUT2D eigenvalue weighted by molar-refractivity contribution is 0.0300. The van der Waals surface area contributed by atoms with E-state index in [1.165, 1.54) is 5.56 Å². The standard InChI is InChI=1S/C21H26N2O4/c1-15-20(21(24)23-9-11-26-12-10-23)18-14-22(8-7-19(18)27-15)13-16-3-5-17(25-2)6-4-16/h3-6H,7-14H2,1-2H3. The summed E-state index contributed by atoms with van der Waals surface area (Å²) in [6, 6.07) is 8.16. The number of morpholine rings is 1. The van der Waals surface area contributed by atoms with Crippen LogP contribution in [0.2, 0.25) is 0 Å². The minimum absolute atomic E-state index is 0.0760. The van der Waals surface area contributed by atoms with Crippen LogP contribution in [-0.4, -0.2) is 55.7 Å². The predicted octanol–water partition coefficient (Wildman–Crippen LogP) is 2.63. The number of fused-ring (bicyclic) bond motifs is 1. The van der Waals surface area contributed by atoms with E-state index in [4.69, 9.17) is 13.9 Å². The van der Waals surface area contributed by atoms with Crippen molar-refractivity contribution in [3.8, 4) is 5.75 Å². The first-order valence-electron chi connectivity index (χ1n) is 9.49. The summed E-state index contributed by atoms with van der Waals surface area (Å²) in [6.07, 6.45) is 0.836. The van der Waals surface area contributed by atoms with Crippen molar-refractivity contribution in [1.29, 1.82) is 0 Å². The Kier molecular flexibility index (Phi) is 5.18. The van der Waals surface area contributed by atoms with Gasteiger partial charge in [-0.1, -0.05) is 12.1 Å². The molecule has 0 aliphatic carbocycles. The van der Waals surface area contributed by atoms with Gasteiger partial charge in [0.05, 0.1) is 25.9 Å². The van der Waals surface area contributed by atoms with Crippen molar-refractivity contribution in [2.24, 2.45) is 0 Å². The zero-order chi connectivity index (χ0) is 18.8. The van der Waals surface area contributed by atoms with Crippen LogP contribution in [0, 0.1) is 6.92 Å². The van der Waals surface area contributed by atoms with Gasteiger partial charge in [-0.05, 0) is 24.6 Å². The molecule has 1 aromatic carbocycles. The number of furan rings is 1. The highest BCUT2D eigenvalue weighted by Crippen LogP contribution is 2.30. The third-order valence-electron chi connectivity index (χ3n) is 5.38. The number of aryl methyl sites for hydroxylation is 1. The summed E-state index contributed by atoms with van der Waals surface area (Å²) >= 11 is 0. The van der Waals surface area contributed by atoms with Gasteiger partial charge in [-0.2, -0.15) is 0 Å². The van der Waals surface area contributed by atoms with Crippen LogP contribution in [0.15, 0.2) is 28.7 Å². The van der Waals surface area contributed by atoms with Crippen LogP contribution < -0.4 is 4.74 Å². The number of hydrogen-bond donors (Lipinski definition) is 0. The Balaban J connectivity index is 1.51. The molecule has 1 fully saturated rings. The zero-order valence-corrected chi connectivity index (χ0v) is 16.0. The van der Waals surface area contributed by atoms with Gasteiger partial charge < -0.3 is 18.8 Å². The lowest BCUT2D eigenvalue weighted by atomic mass is 10.0. The fourth-order valence-corrected chi connectivity index (χ4v) is 3.91. The maximum Gasteiger partial charge on any atom is 0.257 e. The van der Waals surface area contributed by atoms with Crippen LogP contribution in [0.4, 0.5) is 0 Å². The van der Waals surface area contributed by atoms with Gasteiger partial charge in [-0.3, -0.25) is 9.69 Å². The average molecular weight is 370 g/mol. The minimum atomic E-state index is 0.0760. The first-order valence-corrected chi connectivity index (χ1v) is 9.49. The second-order valence-corrected chi connectivity index (χ2v) is 7.15. The van der Waals surface area contributed by atoms with E-state index in [1.807, 2.05) is 24.0 Å². The number of amides is 1. The lowest BCUT2D eigenvalue weighted by Crippen LogP contribution is -2.41. The summed E-state index contributed by atoms with van der Waals surface area (Å²) < 4.78 is 16.6. The number of ether oxygens (including phenoxy) is 2. The Morgan fingerprint density at radius 3 is 2.59 bits per heavy atom. The van der Waals surface area contributed by atoms with Crippen molar-refractivity contribution in [3.63, 3.8) is 0 Å². The molecule has 0 radical (unpaired) electrons. The Labute approximate surface area is 159 Å². The molecular weight excluding hydrogens is 344 g/mol. The van der Waals surface area contributed by atoms with Gasteiger partial charge in [0, 0.05) is 44.7 Å². The highest BCUT2D eigenvalue weighted by molar-refractivity contribution is 5.97. The molecule has 2 aliphatic heterocycles. The van der Waals surface area contributed by atoms with Gasteiger partial charge in [0.1, 0.15) is 17.3 Å². The van der Waals surface area contributed by atoms with Gasteiger partial charge in [0.25, 0.3) is 5.91 Å². The van der Waals surface area contributed by atoms with Crippen LogP contribution in [0.5, 0.6) is 5.75 Å². The van der Waals surface area contributed by atoms with E-state index in [2.05, 4.69) is 17.0 Å². The maximum absolute atomic E-state index is 13.1. The van der Waals surface area contributed by atoms with Crippen molar-refractivity contribution < 1.29 is 18.7 Å². The number of methoxy groups -OCH3 is 1. The lowest BCUT2D eigenvalue weighted by Gasteiger charge is -2.29. The zero-order valence-electron chi connectivity index (χ0n) is 16.0. The Morgan fingerprint density at radius 2 is 1.89 bits per heavy atom. The summed E-state index contributed by atoms with van der Waals surface area (Å²) in [4.78, 5) is 17.3. The Bertz CT molecular complexity index is 806. The van der Waals surface area contributed by atoms with Crippen LogP contribution >= 0.6 is 0 Å². The predicted molar refractivity (Wildman–Crippen MR) is 101 cm³/mol. The third kappa shape index (κ3) is 3.73. The molecule has 0 spiro atoms. The van der Waals surface area contributed by atoms with E-state index >= 15 is 0 Å². The smallest absolute Gasteiger partial charge is 0.257 e. The molecule has 0 bridgehead atoms. The molecule has 2 aromatic rings. The number of hydrogen-bond acceptors (Lipinski definition) is 5. The molecule has 1 aromatic heterocycles. The van der Waals surface area contributed by atoms with Gasteiger partial charge in [-0.15, -0.1) is 0 Å². The molecule has 0 atom stereocenters. The van der Waals surface area contributed by atoms with E-state index < -0.39 is 0 Å². The summed E-state index contributed by atoms with van der Waals surface area (Å²) in [6.45, 7) is 6.92. The van der Waals surface area contributed by atoms with E-state index in [0.29, 0.717) is 26.3 Å². The molecule has 27 heavy (non-hydrogen) atoms. The fraction of sp³-hybridized carbons (Fsp3) is 0.476. The highest BCUT2D eigenvalue weighted by Gasteiger charge is 2.31. The van der Waals surface area contributed by atoms with Crippen molar-refractivity contribution in [2.45, 2.75) is 26.4 Å². The highest BCUT2D eigenvalue weighted by atomic mass is 16.5. The van der Waals surface area contributed by atoms with Crippen LogP contribution in [0.3, 0.4) is 0 Å². The first-order chi connectivity index (χ1) is 13.2. The monoisotopic (exact) mass is 370 g/mol. The molecule has 1 amide bonds. The molecule has 2 aliphatic rings. The summed E-state index contributed by atoms with van der Waals surface area (Å²) in [7, 11) is 1.68. The molecule has 0 unspecified atom stereocenters. The summed E-state index contributed by atoms with van der Waals surface area (Å²) in [5, 5.41) is 0. The largest absolute Gasteiger partial charge is 0.497 e. The molecule has 144 valence electrons. The average Bonchev–Trinajstić information content (AvgIpc) is 3.04. The molecule has 3 heterocycles. The van der Waals surface area contributed by atoms with E-state index in [9.17, 15) is 4.79 Å². The topological polar surface area (TPSA) is 55.2 Å². The summed E-state index contributed by atoms with van der Waals surface area (Å²) in [5.74, 6) is 2.65. The van der Waals surface area contributed by atoms with Crippen LogP contribution in [-0.2, 0) is 24.2 Å². The van der Waals surface area contributed by atoms with Crippen molar-refractivity contribution >= 4 is 5.91 Å². The molecular formula is C21H26N2O4. The summed E-state index contributed by atoms with van der Waals surface area (Å²) in [5.41, 5.74) is 3.05. The van der Waals surface area contributed by atoms with E-state index in [-0.39, 0.29) is 5.91 Å².